The van der Waals surface area contributed by atoms with Gasteiger partial charge in [-0.3, -0.25) is 4.79 Å². The number of carbonyl (C=O) groups excluding carboxylic acids is 1. The maximum absolute atomic E-state index is 11.4. The lowest BCUT2D eigenvalue weighted by molar-refractivity contribution is -0.146. The summed E-state index contributed by atoms with van der Waals surface area (Å²) in [6.45, 7) is 3.95. The Balaban J connectivity index is 4.41. The van der Waals surface area contributed by atoms with E-state index in [4.69, 9.17) is 10.00 Å². The molecular weight excluding hydrogens is 178 g/mol. The third-order valence-corrected chi connectivity index (χ3v) is 2.21. The number of esters is 1. The van der Waals surface area contributed by atoms with Crippen LogP contribution >= 0.6 is 0 Å². The lowest BCUT2D eigenvalue weighted by atomic mass is 9.90. The van der Waals surface area contributed by atoms with Crippen LogP contribution in [-0.2, 0) is 9.53 Å². The van der Waals surface area contributed by atoms with E-state index in [1.165, 1.54) is 13.2 Å². The zero-order valence-corrected chi connectivity index (χ0v) is 8.99. The summed E-state index contributed by atoms with van der Waals surface area (Å²) in [7, 11) is 1.39. The van der Waals surface area contributed by atoms with Gasteiger partial charge in [-0.25, -0.2) is 0 Å². The highest BCUT2D eigenvalue weighted by molar-refractivity contribution is 5.72. The van der Waals surface area contributed by atoms with E-state index in [0.717, 1.165) is 12.8 Å². The normalized spacial score (nSPS) is 14.7. The lowest BCUT2D eigenvalue weighted by Crippen LogP contribution is -2.22. The number of ether oxygens (including phenoxy) is 1. The van der Waals surface area contributed by atoms with Crippen LogP contribution in [0, 0.1) is 23.2 Å². The monoisotopic (exact) mass is 195 g/mol. The topological polar surface area (TPSA) is 50.1 Å². The fraction of sp³-hybridized carbons (Fsp3) is 0.636. The molecule has 78 valence electrons. The number of methoxy groups -OCH3 is 1. The third kappa shape index (κ3) is 4.08. The first-order chi connectivity index (χ1) is 6.67. The first kappa shape index (κ1) is 12.7. The molecule has 0 heterocycles. The number of nitrogens with zero attached hydrogens (tertiary/aromatic N) is 1. The van der Waals surface area contributed by atoms with E-state index in [-0.39, 0.29) is 17.8 Å². The van der Waals surface area contributed by atoms with E-state index in [9.17, 15) is 4.79 Å². The molecule has 0 bridgehead atoms. The van der Waals surface area contributed by atoms with Crippen molar-refractivity contribution < 1.29 is 9.53 Å². The molecule has 0 saturated carbocycles. The van der Waals surface area contributed by atoms with Crippen molar-refractivity contribution in [3.63, 3.8) is 0 Å². The minimum Gasteiger partial charge on any atom is -0.469 e. The molecule has 0 aliphatic rings. The second-order valence-corrected chi connectivity index (χ2v) is 3.27. The van der Waals surface area contributed by atoms with Gasteiger partial charge in [0.05, 0.1) is 19.1 Å². The molecule has 0 aliphatic carbocycles. The first-order valence-corrected chi connectivity index (χ1v) is 4.81. The van der Waals surface area contributed by atoms with Crippen molar-refractivity contribution in [1.29, 1.82) is 5.26 Å². The van der Waals surface area contributed by atoms with E-state index in [2.05, 4.69) is 0 Å². The van der Waals surface area contributed by atoms with Gasteiger partial charge in [0, 0.05) is 6.08 Å². The molecule has 0 N–H and O–H groups in total. The Hall–Kier alpha value is -1.30. The van der Waals surface area contributed by atoms with E-state index in [1.807, 2.05) is 19.9 Å². The van der Waals surface area contributed by atoms with Gasteiger partial charge in [0.25, 0.3) is 0 Å². The minimum atomic E-state index is -0.193. The Morgan fingerprint density at radius 3 is 2.71 bits per heavy atom. The average Bonchev–Trinajstić information content (AvgIpc) is 2.21. The molecule has 0 saturated heterocycles. The van der Waals surface area contributed by atoms with Gasteiger partial charge in [0.1, 0.15) is 0 Å². The standard InChI is InChI=1S/C11H17NO2/c1-4-6-10(11(13)14-3)9(2)7-5-8-12/h5,7,9-10H,4,6H2,1-3H3/b7-5+. The van der Waals surface area contributed by atoms with Gasteiger partial charge in [-0.1, -0.05) is 26.3 Å². The number of hydrogen-bond donors (Lipinski definition) is 0. The van der Waals surface area contributed by atoms with Gasteiger partial charge in [-0.05, 0) is 12.3 Å². The lowest BCUT2D eigenvalue weighted by Gasteiger charge is -2.17. The SMILES string of the molecule is CCCC(C(=O)OC)C(C)/C=C/C#N. The van der Waals surface area contributed by atoms with Crippen LogP contribution in [0.3, 0.4) is 0 Å². The first-order valence-electron chi connectivity index (χ1n) is 4.81. The van der Waals surface area contributed by atoms with Gasteiger partial charge >= 0.3 is 5.97 Å². The van der Waals surface area contributed by atoms with E-state index in [1.54, 1.807) is 6.08 Å². The van der Waals surface area contributed by atoms with Crippen LogP contribution in [0.15, 0.2) is 12.2 Å². The maximum atomic E-state index is 11.4. The highest BCUT2D eigenvalue weighted by Gasteiger charge is 2.22. The second kappa shape index (κ2) is 7.14. The predicted molar refractivity (Wildman–Crippen MR) is 54.3 cm³/mol. The molecule has 0 spiro atoms. The fourth-order valence-corrected chi connectivity index (χ4v) is 1.39. The molecule has 14 heavy (non-hydrogen) atoms. The molecule has 0 fully saturated rings. The number of hydrogen-bond acceptors (Lipinski definition) is 3. The summed E-state index contributed by atoms with van der Waals surface area (Å²) in [5.74, 6) is -0.265. The molecule has 0 radical (unpaired) electrons. The summed E-state index contributed by atoms with van der Waals surface area (Å²) >= 11 is 0. The van der Waals surface area contributed by atoms with Crippen molar-refractivity contribution in [2.45, 2.75) is 26.7 Å². The Morgan fingerprint density at radius 1 is 1.64 bits per heavy atom. The summed E-state index contributed by atoms with van der Waals surface area (Å²) in [6, 6.07) is 1.92. The average molecular weight is 195 g/mol. The van der Waals surface area contributed by atoms with E-state index >= 15 is 0 Å². The molecule has 0 aromatic carbocycles. The van der Waals surface area contributed by atoms with Crippen LogP contribution in [0.25, 0.3) is 0 Å². The van der Waals surface area contributed by atoms with Gasteiger partial charge in [0.15, 0.2) is 0 Å². The summed E-state index contributed by atoms with van der Waals surface area (Å²) in [4.78, 5) is 11.4. The number of nitriles is 1. The highest BCUT2D eigenvalue weighted by Crippen LogP contribution is 2.20. The molecule has 0 amide bonds. The molecule has 0 rings (SSSR count). The quantitative estimate of drug-likeness (QED) is 0.499. The molecule has 3 heteroatoms. The molecule has 3 nitrogen and oxygen atoms in total. The molecule has 0 aromatic rings. The summed E-state index contributed by atoms with van der Waals surface area (Å²) < 4.78 is 4.71. The van der Waals surface area contributed by atoms with E-state index < -0.39 is 0 Å². The molecular formula is C11H17NO2. The van der Waals surface area contributed by atoms with Crippen molar-refractivity contribution in [2.75, 3.05) is 7.11 Å². The van der Waals surface area contributed by atoms with Gasteiger partial charge in [-0.2, -0.15) is 5.26 Å². The number of allylic oxidation sites excluding steroid dienone is 2. The zero-order valence-electron chi connectivity index (χ0n) is 8.99. The minimum absolute atomic E-state index is 0.0575. The maximum Gasteiger partial charge on any atom is 0.309 e. The van der Waals surface area contributed by atoms with Crippen LogP contribution < -0.4 is 0 Å². The van der Waals surface area contributed by atoms with Crippen molar-refractivity contribution in [2.24, 2.45) is 11.8 Å². The van der Waals surface area contributed by atoms with Crippen molar-refractivity contribution >= 4 is 5.97 Å². The van der Waals surface area contributed by atoms with Crippen molar-refractivity contribution in [3.05, 3.63) is 12.2 Å². The molecule has 0 aromatic heterocycles. The fourth-order valence-electron chi connectivity index (χ4n) is 1.39. The Bertz CT molecular complexity index is 240. The van der Waals surface area contributed by atoms with Crippen molar-refractivity contribution in [3.8, 4) is 6.07 Å². The smallest absolute Gasteiger partial charge is 0.309 e. The van der Waals surface area contributed by atoms with Gasteiger partial charge in [0.2, 0.25) is 0 Å². The van der Waals surface area contributed by atoms with Crippen LogP contribution in [0.1, 0.15) is 26.7 Å². The van der Waals surface area contributed by atoms with Gasteiger partial charge in [-0.15, -0.1) is 0 Å². The summed E-state index contributed by atoms with van der Waals surface area (Å²) in [6.07, 6.45) is 4.89. The summed E-state index contributed by atoms with van der Waals surface area (Å²) in [5.41, 5.74) is 0. The van der Waals surface area contributed by atoms with Crippen LogP contribution in [0.5, 0.6) is 0 Å². The second-order valence-electron chi connectivity index (χ2n) is 3.27. The Kier molecular flexibility index (Phi) is 6.47. The highest BCUT2D eigenvalue weighted by atomic mass is 16.5. The Morgan fingerprint density at radius 2 is 2.29 bits per heavy atom. The van der Waals surface area contributed by atoms with Crippen molar-refractivity contribution in [1.82, 2.24) is 0 Å². The van der Waals surface area contributed by atoms with E-state index in [0.29, 0.717) is 0 Å². The van der Waals surface area contributed by atoms with Crippen LogP contribution in [0.2, 0.25) is 0 Å². The van der Waals surface area contributed by atoms with Crippen LogP contribution in [-0.4, -0.2) is 13.1 Å². The number of carbonyl (C=O) groups is 1. The third-order valence-electron chi connectivity index (χ3n) is 2.21. The van der Waals surface area contributed by atoms with Crippen LogP contribution in [0.4, 0.5) is 0 Å². The summed E-state index contributed by atoms with van der Waals surface area (Å²) in [5, 5.41) is 8.37. The van der Waals surface area contributed by atoms with Gasteiger partial charge < -0.3 is 4.74 Å². The molecule has 2 atom stereocenters. The zero-order chi connectivity index (χ0) is 11.0. The molecule has 0 aliphatic heterocycles. The Labute approximate surface area is 85.4 Å². The molecule has 2 unspecified atom stereocenters. The predicted octanol–water partition coefficient (Wildman–Crippen LogP) is 2.29. The number of rotatable bonds is 5. The largest absolute Gasteiger partial charge is 0.469 e.